The predicted molar refractivity (Wildman–Crippen MR) is 128 cm³/mol. The topological polar surface area (TPSA) is 215 Å². The van der Waals surface area contributed by atoms with Crippen LogP contribution < -0.4 is 21.7 Å². The highest BCUT2D eigenvalue weighted by atomic mass is 16.4. The van der Waals surface area contributed by atoms with Crippen LogP contribution in [0.1, 0.15) is 18.2 Å². The number of nitrogens with two attached hydrogens (primary N) is 1. The van der Waals surface area contributed by atoms with E-state index >= 15 is 0 Å². The number of aliphatic hydroxyl groups excluding tert-OH is 1. The number of para-hydroxylation sites is 1. The van der Waals surface area contributed by atoms with E-state index in [4.69, 9.17) is 10.8 Å². The zero-order valence-corrected chi connectivity index (χ0v) is 19.5. The van der Waals surface area contributed by atoms with E-state index in [1.165, 1.54) is 19.4 Å². The van der Waals surface area contributed by atoms with Crippen LogP contribution in [0, 0.1) is 0 Å². The molecule has 1 aromatic carbocycles. The molecule has 4 atom stereocenters. The number of amides is 3. The van der Waals surface area contributed by atoms with Crippen LogP contribution in [0.2, 0.25) is 0 Å². The van der Waals surface area contributed by atoms with Crippen LogP contribution in [-0.4, -0.2) is 79.6 Å². The Morgan fingerprint density at radius 1 is 1.00 bits per heavy atom. The second-order valence-electron chi connectivity index (χ2n) is 8.32. The molecule has 0 aliphatic carbocycles. The molecule has 192 valence electrons. The maximum Gasteiger partial charge on any atom is 0.325 e. The number of fused-ring (bicyclic) bond motifs is 1. The predicted octanol–water partition coefficient (Wildman–Crippen LogP) is -1.45. The van der Waals surface area contributed by atoms with Gasteiger partial charge in [0.2, 0.25) is 17.7 Å². The van der Waals surface area contributed by atoms with Crippen molar-refractivity contribution in [3.63, 3.8) is 0 Å². The zero-order chi connectivity index (χ0) is 26.2. The molecule has 2 heterocycles. The molecule has 0 saturated carbocycles. The minimum atomic E-state index is -1.39. The molecule has 3 amide bonds. The van der Waals surface area contributed by atoms with E-state index in [0.717, 1.165) is 10.9 Å². The Bertz CT molecular complexity index is 1210. The third kappa shape index (κ3) is 6.67. The van der Waals surface area contributed by atoms with Gasteiger partial charge in [-0.2, -0.15) is 0 Å². The summed E-state index contributed by atoms with van der Waals surface area (Å²) in [6, 6.07) is 2.56. The minimum absolute atomic E-state index is 0.0271. The second-order valence-corrected chi connectivity index (χ2v) is 8.32. The second kappa shape index (κ2) is 12.0. The first-order valence-electron chi connectivity index (χ1n) is 11.2. The third-order valence-corrected chi connectivity index (χ3v) is 5.61. The monoisotopic (exact) mass is 499 g/mol. The van der Waals surface area contributed by atoms with Gasteiger partial charge in [0.05, 0.1) is 19.0 Å². The van der Waals surface area contributed by atoms with Gasteiger partial charge in [0, 0.05) is 41.8 Å². The zero-order valence-electron chi connectivity index (χ0n) is 19.5. The Hall–Kier alpha value is -4.23. The van der Waals surface area contributed by atoms with Crippen molar-refractivity contribution in [1.82, 2.24) is 30.9 Å². The molecule has 2 aromatic heterocycles. The van der Waals surface area contributed by atoms with Crippen LogP contribution in [0.4, 0.5) is 0 Å². The summed E-state index contributed by atoms with van der Waals surface area (Å²) in [6.45, 7) is 0.546. The van der Waals surface area contributed by atoms with Gasteiger partial charge in [0.15, 0.2) is 0 Å². The lowest BCUT2D eigenvalue weighted by Crippen LogP contribution is -2.58. The van der Waals surface area contributed by atoms with Gasteiger partial charge in [-0.15, -0.1) is 0 Å². The van der Waals surface area contributed by atoms with Crippen LogP contribution in [0.25, 0.3) is 10.9 Å². The number of nitrogens with zero attached hydrogens (tertiary/aromatic N) is 1. The van der Waals surface area contributed by atoms with Crippen LogP contribution in [-0.2, 0) is 32.0 Å². The van der Waals surface area contributed by atoms with Gasteiger partial charge in [-0.1, -0.05) is 18.2 Å². The van der Waals surface area contributed by atoms with Crippen molar-refractivity contribution in [2.24, 2.45) is 5.73 Å². The largest absolute Gasteiger partial charge is 0.480 e. The molecule has 9 N–H and O–H groups in total. The van der Waals surface area contributed by atoms with Crippen molar-refractivity contribution in [2.45, 2.75) is 43.9 Å². The van der Waals surface area contributed by atoms with Crippen molar-refractivity contribution in [3.05, 3.63) is 54.2 Å². The van der Waals surface area contributed by atoms with Gasteiger partial charge in [0.25, 0.3) is 0 Å². The summed E-state index contributed by atoms with van der Waals surface area (Å²) in [6.07, 6.45) is 4.80. The fraction of sp³-hybridized carbons (Fsp3) is 0.348. The lowest BCUT2D eigenvalue weighted by molar-refractivity contribution is -0.141. The highest BCUT2D eigenvalue weighted by Crippen LogP contribution is 2.19. The van der Waals surface area contributed by atoms with E-state index < -0.39 is 54.5 Å². The van der Waals surface area contributed by atoms with E-state index in [0.29, 0.717) is 11.3 Å². The van der Waals surface area contributed by atoms with E-state index in [9.17, 15) is 24.3 Å². The smallest absolute Gasteiger partial charge is 0.325 e. The number of carbonyl (C=O) groups excluding carboxylic acids is 3. The molecule has 36 heavy (non-hydrogen) atoms. The fourth-order valence-corrected chi connectivity index (χ4v) is 3.58. The number of nitrogens with one attached hydrogen (secondary N) is 5. The molecule has 3 aromatic rings. The molecular formula is C23H29N7O6. The molecule has 4 unspecified atom stereocenters. The third-order valence-electron chi connectivity index (χ3n) is 5.61. The number of carboxylic acids is 1. The van der Waals surface area contributed by atoms with Gasteiger partial charge in [0.1, 0.15) is 18.1 Å². The van der Waals surface area contributed by atoms with Crippen molar-refractivity contribution in [2.75, 3.05) is 6.61 Å². The Morgan fingerprint density at radius 2 is 1.69 bits per heavy atom. The lowest BCUT2D eigenvalue weighted by Gasteiger charge is -2.23. The Balaban J connectivity index is 1.73. The Kier molecular flexibility index (Phi) is 8.76. The van der Waals surface area contributed by atoms with E-state index in [1.807, 2.05) is 24.3 Å². The lowest BCUT2D eigenvalue weighted by atomic mass is 10.0. The van der Waals surface area contributed by atoms with E-state index in [1.54, 1.807) is 6.20 Å². The first-order valence-corrected chi connectivity index (χ1v) is 11.2. The summed E-state index contributed by atoms with van der Waals surface area (Å²) < 4.78 is 0. The van der Waals surface area contributed by atoms with Crippen molar-refractivity contribution in [3.8, 4) is 0 Å². The summed E-state index contributed by atoms with van der Waals surface area (Å²) in [5.41, 5.74) is 8.04. The number of imidazole rings is 1. The number of benzene rings is 1. The van der Waals surface area contributed by atoms with Crippen molar-refractivity contribution in [1.29, 1.82) is 0 Å². The number of aliphatic hydroxyl groups is 1. The van der Waals surface area contributed by atoms with E-state index in [2.05, 4.69) is 30.9 Å². The number of carboxylic acid groups (broad SMARTS) is 1. The summed E-state index contributed by atoms with van der Waals surface area (Å²) in [4.78, 5) is 59.3. The number of hydrogen-bond donors (Lipinski definition) is 8. The molecule has 0 radical (unpaired) electrons. The average molecular weight is 500 g/mol. The number of rotatable bonds is 12. The maximum atomic E-state index is 12.9. The molecule has 13 nitrogen and oxygen atoms in total. The molecule has 3 rings (SSSR count). The van der Waals surface area contributed by atoms with Crippen molar-refractivity contribution >= 4 is 34.6 Å². The first-order chi connectivity index (χ1) is 17.2. The summed E-state index contributed by atoms with van der Waals surface area (Å²) >= 11 is 0. The van der Waals surface area contributed by atoms with Gasteiger partial charge < -0.3 is 41.9 Å². The van der Waals surface area contributed by atoms with Gasteiger partial charge in [-0.3, -0.25) is 19.2 Å². The van der Waals surface area contributed by atoms with E-state index in [-0.39, 0.29) is 12.8 Å². The summed E-state index contributed by atoms with van der Waals surface area (Å²) in [7, 11) is 0. The minimum Gasteiger partial charge on any atom is -0.480 e. The summed E-state index contributed by atoms with van der Waals surface area (Å²) in [5.74, 6) is -3.49. The van der Waals surface area contributed by atoms with Gasteiger partial charge in [-0.25, -0.2) is 4.98 Å². The van der Waals surface area contributed by atoms with Crippen LogP contribution in [0.15, 0.2) is 43.0 Å². The number of aliphatic carboxylic acids is 1. The molecule has 0 saturated heterocycles. The Morgan fingerprint density at radius 3 is 2.36 bits per heavy atom. The standard InChI is InChI=1S/C23H29N7O6/c1-12(23(35)36)28-21(33)18(6-13-8-26-17-5-3-2-4-15(13)17)29-22(34)19(10-31)30-20(32)16(24)7-14-9-25-11-27-14/h2-5,8-9,11-12,16,18-19,26,31H,6-7,10,24H2,1H3,(H,25,27)(H,28,33)(H,29,34)(H,30,32)(H,35,36). The van der Waals surface area contributed by atoms with Crippen LogP contribution >= 0.6 is 0 Å². The molecular weight excluding hydrogens is 470 g/mol. The highest BCUT2D eigenvalue weighted by Gasteiger charge is 2.30. The molecule has 13 heteroatoms. The molecule has 0 aliphatic rings. The normalized spacial score (nSPS) is 14.4. The number of aromatic nitrogens is 3. The fourth-order valence-electron chi connectivity index (χ4n) is 3.58. The summed E-state index contributed by atoms with van der Waals surface area (Å²) in [5, 5.41) is 27.0. The number of H-pyrrole nitrogens is 2. The quantitative estimate of drug-likeness (QED) is 0.147. The average Bonchev–Trinajstić information content (AvgIpc) is 3.51. The SMILES string of the molecule is CC(NC(=O)C(Cc1c[nH]c2ccccc12)NC(=O)C(CO)NC(=O)C(N)Cc1cnc[nH]1)C(=O)O. The number of hydrogen-bond acceptors (Lipinski definition) is 7. The first kappa shape index (κ1) is 26.4. The molecule has 0 bridgehead atoms. The molecule has 0 fully saturated rings. The molecule has 0 spiro atoms. The van der Waals surface area contributed by atoms with Gasteiger partial charge >= 0.3 is 5.97 Å². The van der Waals surface area contributed by atoms with Gasteiger partial charge in [-0.05, 0) is 18.6 Å². The number of aromatic amines is 2. The van der Waals surface area contributed by atoms with Crippen molar-refractivity contribution < 1.29 is 29.4 Å². The molecule has 0 aliphatic heterocycles. The van der Waals surface area contributed by atoms with Crippen LogP contribution in [0.5, 0.6) is 0 Å². The Labute approximate surface area is 205 Å². The number of carbonyl (C=O) groups is 4. The maximum absolute atomic E-state index is 12.9. The van der Waals surface area contributed by atoms with Crippen LogP contribution in [0.3, 0.4) is 0 Å². The highest BCUT2D eigenvalue weighted by molar-refractivity contribution is 5.94.